The molecule has 1 aromatic heterocycles. The zero-order valence-electron chi connectivity index (χ0n) is 16.1. The zero-order valence-corrected chi connectivity index (χ0v) is 16.9. The summed E-state index contributed by atoms with van der Waals surface area (Å²) in [6.07, 6.45) is 0. The van der Waals surface area contributed by atoms with E-state index in [1.165, 1.54) is 11.8 Å². The number of amides is 1. The van der Waals surface area contributed by atoms with E-state index in [1.807, 2.05) is 42.5 Å². The van der Waals surface area contributed by atoms with Crippen molar-refractivity contribution in [2.75, 3.05) is 49.4 Å². The summed E-state index contributed by atoms with van der Waals surface area (Å²) in [6, 6.07) is 15.3. The molecule has 0 unspecified atom stereocenters. The van der Waals surface area contributed by atoms with Crippen LogP contribution in [0, 0.1) is 0 Å². The quantitative estimate of drug-likeness (QED) is 0.625. The third kappa shape index (κ3) is 4.60. The van der Waals surface area contributed by atoms with Crippen LogP contribution in [0.1, 0.15) is 0 Å². The van der Waals surface area contributed by atoms with Gasteiger partial charge in [-0.15, -0.1) is 10.2 Å². The van der Waals surface area contributed by atoms with Gasteiger partial charge in [0.25, 0.3) is 0 Å². The fraction of sp³-hybridized carbons (Fsp3) is 0.286. The van der Waals surface area contributed by atoms with Crippen LogP contribution in [0.3, 0.4) is 0 Å². The molecule has 1 fully saturated rings. The molecule has 0 aliphatic carbocycles. The predicted octanol–water partition coefficient (Wildman–Crippen LogP) is 3.21. The number of hydrogen-bond acceptors (Lipinski definition) is 7. The second-order valence-electron chi connectivity index (χ2n) is 6.54. The summed E-state index contributed by atoms with van der Waals surface area (Å²) in [4.78, 5) is 14.6. The molecule has 2 aromatic carbocycles. The number of morpholine rings is 1. The van der Waals surface area contributed by atoms with Gasteiger partial charge in [0.2, 0.25) is 5.91 Å². The lowest BCUT2D eigenvalue weighted by atomic mass is 10.2. The lowest BCUT2D eigenvalue weighted by Crippen LogP contribution is -2.37. The topological polar surface area (TPSA) is 76.6 Å². The standard InChI is InChI=1S/C21H22N4O3S/c1-27-16-8-6-15(7-9-16)22-19(26)14-29-21-18-5-3-2-4-17(18)20(23-24-21)25-10-12-28-13-11-25/h2-9H,10-14H2,1H3,(H,22,26). The van der Waals surface area contributed by atoms with Crippen LogP contribution >= 0.6 is 11.8 Å². The van der Waals surface area contributed by atoms with Crippen LogP contribution < -0.4 is 15.0 Å². The Morgan fingerprint density at radius 3 is 2.55 bits per heavy atom. The zero-order chi connectivity index (χ0) is 20.1. The molecular weight excluding hydrogens is 388 g/mol. The average Bonchev–Trinajstić information content (AvgIpc) is 2.78. The Labute approximate surface area is 173 Å². The molecule has 1 saturated heterocycles. The number of carbonyl (C=O) groups is 1. The van der Waals surface area contributed by atoms with Crippen LogP contribution in [-0.2, 0) is 9.53 Å². The normalized spacial score (nSPS) is 14.0. The van der Waals surface area contributed by atoms with E-state index in [0.717, 1.165) is 46.1 Å². The third-order valence-electron chi connectivity index (χ3n) is 4.66. The number of aromatic nitrogens is 2. The Morgan fingerprint density at radius 2 is 1.83 bits per heavy atom. The Balaban J connectivity index is 1.47. The lowest BCUT2D eigenvalue weighted by molar-refractivity contribution is -0.113. The lowest BCUT2D eigenvalue weighted by Gasteiger charge is -2.28. The molecule has 4 rings (SSSR count). The Kier molecular flexibility index (Phi) is 6.12. The molecule has 1 N–H and O–H groups in total. The molecule has 1 aliphatic heterocycles. The van der Waals surface area contributed by atoms with Gasteiger partial charge in [-0.1, -0.05) is 36.0 Å². The Hall–Kier alpha value is -2.84. The summed E-state index contributed by atoms with van der Waals surface area (Å²) < 4.78 is 10.6. The monoisotopic (exact) mass is 410 g/mol. The summed E-state index contributed by atoms with van der Waals surface area (Å²) in [5.74, 6) is 1.78. The fourth-order valence-corrected chi connectivity index (χ4v) is 3.96. The number of benzene rings is 2. The highest BCUT2D eigenvalue weighted by molar-refractivity contribution is 8.00. The molecule has 150 valence electrons. The third-order valence-corrected chi connectivity index (χ3v) is 5.64. The Morgan fingerprint density at radius 1 is 1.10 bits per heavy atom. The number of nitrogens with one attached hydrogen (secondary N) is 1. The van der Waals surface area contributed by atoms with Crippen molar-refractivity contribution in [3.05, 3.63) is 48.5 Å². The first-order valence-electron chi connectivity index (χ1n) is 9.39. The SMILES string of the molecule is COc1ccc(NC(=O)CSc2nnc(N3CCOCC3)c3ccccc23)cc1. The van der Waals surface area contributed by atoms with Crippen LogP contribution in [0.15, 0.2) is 53.6 Å². The average molecular weight is 410 g/mol. The summed E-state index contributed by atoms with van der Waals surface area (Å²) >= 11 is 1.39. The van der Waals surface area contributed by atoms with Gasteiger partial charge in [-0.2, -0.15) is 0 Å². The van der Waals surface area contributed by atoms with E-state index in [0.29, 0.717) is 13.2 Å². The number of fused-ring (bicyclic) bond motifs is 1. The van der Waals surface area contributed by atoms with Crippen LogP contribution in [-0.4, -0.2) is 55.3 Å². The van der Waals surface area contributed by atoms with Crippen molar-refractivity contribution in [2.45, 2.75) is 5.03 Å². The maximum absolute atomic E-state index is 12.4. The van der Waals surface area contributed by atoms with Crippen LogP contribution in [0.2, 0.25) is 0 Å². The number of ether oxygens (including phenoxy) is 2. The predicted molar refractivity (Wildman–Crippen MR) is 115 cm³/mol. The molecular formula is C21H22N4O3S. The first-order chi connectivity index (χ1) is 14.2. The number of nitrogens with zero attached hydrogens (tertiary/aromatic N) is 3. The van der Waals surface area contributed by atoms with E-state index in [4.69, 9.17) is 9.47 Å². The molecule has 1 aliphatic rings. The van der Waals surface area contributed by atoms with E-state index >= 15 is 0 Å². The first-order valence-corrected chi connectivity index (χ1v) is 10.4. The molecule has 0 atom stereocenters. The van der Waals surface area contributed by atoms with Gasteiger partial charge in [-0.25, -0.2) is 0 Å². The summed E-state index contributed by atoms with van der Waals surface area (Å²) in [7, 11) is 1.61. The number of methoxy groups -OCH3 is 1. The van der Waals surface area contributed by atoms with Crippen molar-refractivity contribution in [1.82, 2.24) is 10.2 Å². The molecule has 7 nitrogen and oxygen atoms in total. The summed E-state index contributed by atoms with van der Waals surface area (Å²) in [5, 5.41) is 14.6. The molecule has 0 radical (unpaired) electrons. The van der Waals surface area contributed by atoms with E-state index in [1.54, 1.807) is 7.11 Å². The van der Waals surface area contributed by atoms with Gasteiger partial charge in [-0.05, 0) is 24.3 Å². The molecule has 0 bridgehead atoms. The Bertz CT molecular complexity index is 991. The van der Waals surface area contributed by atoms with Gasteiger partial charge >= 0.3 is 0 Å². The van der Waals surface area contributed by atoms with Crippen LogP contribution in [0.4, 0.5) is 11.5 Å². The first kappa shape index (κ1) is 19.5. The van der Waals surface area contributed by atoms with Crippen molar-refractivity contribution >= 4 is 39.9 Å². The minimum atomic E-state index is -0.0942. The number of carbonyl (C=O) groups excluding carboxylic acids is 1. The fourth-order valence-electron chi connectivity index (χ4n) is 3.19. The van der Waals surface area contributed by atoms with Crippen LogP contribution in [0.5, 0.6) is 5.75 Å². The van der Waals surface area contributed by atoms with Gasteiger partial charge in [-0.3, -0.25) is 4.79 Å². The molecule has 1 amide bonds. The minimum Gasteiger partial charge on any atom is -0.497 e. The van der Waals surface area contributed by atoms with Gasteiger partial charge < -0.3 is 19.7 Å². The maximum Gasteiger partial charge on any atom is 0.234 e. The van der Waals surface area contributed by atoms with Crippen LogP contribution in [0.25, 0.3) is 10.8 Å². The van der Waals surface area contributed by atoms with Crippen molar-refractivity contribution in [2.24, 2.45) is 0 Å². The van der Waals surface area contributed by atoms with Gasteiger partial charge in [0.05, 0.1) is 26.1 Å². The maximum atomic E-state index is 12.4. The number of rotatable bonds is 6. The van der Waals surface area contributed by atoms with Gasteiger partial charge in [0, 0.05) is 29.5 Å². The number of hydrogen-bond donors (Lipinski definition) is 1. The van der Waals surface area contributed by atoms with E-state index < -0.39 is 0 Å². The van der Waals surface area contributed by atoms with E-state index in [9.17, 15) is 4.79 Å². The van der Waals surface area contributed by atoms with Gasteiger partial charge in [0.15, 0.2) is 5.82 Å². The minimum absolute atomic E-state index is 0.0942. The second-order valence-corrected chi connectivity index (χ2v) is 7.50. The summed E-state index contributed by atoms with van der Waals surface area (Å²) in [5.41, 5.74) is 0.731. The number of thioether (sulfide) groups is 1. The largest absolute Gasteiger partial charge is 0.497 e. The van der Waals surface area contributed by atoms with Crippen molar-refractivity contribution < 1.29 is 14.3 Å². The molecule has 3 aromatic rings. The molecule has 29 heavy (non-hydrogen) atoms. The molecule has 8 heteroatoms. The second kappa shape index (κ2) is 9.11. The molecule has 2 heterocycles. The van der Waals surface area contributed by atoms with Crippen molar-refractivity contribution in [3.63, 3.8) is 0 Å². The van der Waals surface area contributed by atoms with Crippen molar-refractivity contribution in [3.8, 4) is 5.75 Å². The molecule has 0 spiro atoms. The number of anilines is 2. The smallest absolute Gasteiger partial charge is 0.234 e. The summed E-state index contributed by atoms with van der Waals surface area (Å²) in [6.45, 7) is 2.99. The highest BCUT2D eigenvalue weighted by Crippen LogP contribution is 2.31. The highest BCUT2D eigenvalue weighted by atomic mass is 32.2. The molecule has 0 saturated carbocycles. The van der Waals surface area contributed by atoms with E-state index in [2.05, 4.69) is 26.5 Å². The van der Waals surface area contributed by atoms with Gasteiger partial charge in [0.1, 0.15) is 10.8 Å². The van der Waals surface area contributed by atoms with E-state index in [-0.39, 0.29) is 11.7 Å². The van der Waals surface area contributed by atoms with Crippen molar-refractivity contribution in [1.29, 1.82) is 0 Å². The highest BCUT2D eigenvalue weighted by Gasteiger charge is 2.18.